The molecule has 1 aliphatic heterocycles. The fraction of sp³-hybridized carbons (Fsp3) is 0.636. The standard InChI is InChI=1S/C11H18N2O.2ClH/c1-2-11(14-7-1)9-13-8-10-3-5-12-6-4-10;;/h1-2,7,10,12-13H,3-6,8-9H2;2*1H/p-2. The third kappa shape index (κ3) is 5.21. The maximum Gasteiger partial charge on any atom is 0.117 e. The topological polar surface area (TPSA) is 37.2 Å². The molecule has 0 unspecified atom stereocenters. The number of hydrogen-bond donors (Lipinski definition) is 2. The number of nitrogens with one attached hydrogen (secondary N) is 2. The van der Waals surface area contributed by atoms with E-state index in [2.05, 4.69) is 10.6 Å². The zero-order valence-electron chi connectivity index (χ0n) is 9.22. The fourth-order valence-corrected chi connectivity index (χ4v) is 1.90. The van der Waals surface area contributed by atoms with Crippen LogP contribution in [0.15, 0.2) is 22.8 Å². The maximum absolute atomic E-state index is 5.25. The average molecular weight is 265 g/mol. The second-order valence-corrected chi connectivity index (χ2v) is 3.90. The highest BCUT2D eigenvalue weighted by atomic mass is 35.5. The van der Waals surface area contributed by atoms with E-state index in [4.69, 9.17) is 4.42 Å². The Morgan fingerprint density at radius 1 is 1.31 bits per heavy atom. The SMILES string of the molecule is [Cl-].[Cl-].c1coc(CNCC2CCNCC2)c1. The Bertz CT molecular complexity index is 248. The number of rotatable bonds is 4. The van der Waals surface area contributed by atoms with Crippen LogP contribution in [0.4, 0.5) is 0 Å². The minimum absolute atomic E-state index is 0. The molecule has 2 rings (SSSR count). The van der Waals surface area contributed by atoms with E-state index in [0.717, 1.165) is 24.8 Å². The van der Waals surface area contributed by atoms with Gasteiger partial charge in [0.1, 0.15) is 5.76 Å². The van der Waals surface area contributed by atoms with E-state index < -0.39 is 0 Å². The predicted molar refractivity (Wildman–Crippen MR) is 56.0 cm³/mol. The molecule has 0 aromatic carbocycles. The summed E-state index contributed by atoms with van der Waals surface area (Å²) in [5.41, 5.74) is 0. The molecule has 0 atom stereocenters. The Kier molecular flexibility index (Phi) is 8.76. The van der Waals surface area contributed by atoms with Gasteiger partial charge in [0, 0.05) is 0 Å². The molecule has 5 heteroatoms. The van der Waals surface area contributed by atoms with Gasteiger partial charge in [0.05, 0.1) is 12.8 Å². The lowest BCUT2D eigenvalue weighted by Gasteiger charge is -2.22. The van der Waals surface area contributed by atoms with Gasteiger partial charge in [-0.25, -0.2) is 0 Å². The van der Waals surface area contributed by atoms with Crippen molar-refractivity contribution in [2.24, 2.45) is 5.92 Å². The lowest BCUT2D eigenvalue weighted by molar-refractivity contribution is -0.00100. The van der Waals surface area contributed by atoms with Gasteiger partial charge in [0.15, 0.2) is 0 Å². The molecule has 1 fully saturated rings. The molecule has 94 valence electrons. The number of piperidine rings is 1. The summed E-state index contributed by atoms with van der Waals surface area (Å²) in [6, 6.07) is 3.94. The molecule has 1 saturated heterocycles. The van der Waals surface area contributed by atoms with Crippen molar-refractivity contribution in [1.82, 2.24) is 10.6 Å². The summed E-state index contributed by atoms with van der Waals surface area (Å²) in [5, 5.41) is 6.81. The summed E-state index contributed by atoms with van der Waals surface area (Å²) >= 11 is 0. The van der Waals surface area contributed by atoms with Crippen molar-refractivity contribution in [3.8, 4) is 0 Å². The first-order valence-electron chi connectivity index (χ1n) is 5.39. The molecule has 1 aromatic rings. The van der Waals surface area contributed by atoms with Gasteiger partial charge in [0.2, 0.25) is 0 Å². The van der Waals surface area contributed by atoms with E-state index in [9.17, 15) is 0 Å². The molecule has 1 aliphatic rings. The molecule has 0 saturated carbocycles. The highest BCUT2D eigenvalue weighted by Crippen LogP contribution is 2.10. The van der Waals surface area contributed by atoms with Crippen molar-refractivity contribution in [3.05, 3.63) is 24.2 Å². The lowest BCUT2D eigenvalue weighted by Crippen LogP contribution is -3.00. The predicted octanol–water partition coefficient (Wildman–Crippen LogP) is -4.62. The van der Waals surface area contributed by atoms with Gasteiger partial charge in [0.25, 0.3) is 0 Å². The van der Waals surface area contributed by atoms with Gasteiger partial charge in [-0.1, -0.05) is 0 Å². The van der Waals surface area contributed by atoms with Crippen molar-refractivity contribution in [3.63, 3.8) is 0 Å². The minimum atomic E-state index is 0. The van der Waals surface area contributed by atoms with Crippen molar-refractivity contribution in [1.29, 1.82) is 0 Å². The van der Waals surface area contributed by atoms with E-state index in [1.807, 2.05) is 12.1 Å². The molecule has 1 aromatic heterocycles. The van der Waals surface area contributed by atoms with Gasteiger partial charge in [-0.05, 0) is 50.5 Å². The van der Waals surface area contributed by atoms with Gasteiger partial charge in [-0.15, -0.1) is 0 Å². The van der Waals surface area contributed by atoms with Gasteiger partial charge in [-0.3, -0.25) is 0 Å². The first kappa shape index (κ1) is 15.8. The van der Waals surface area contributed by atoms with Crippen LogP contribution in [0.3, 0.4) is 0 Å². The maximum atomic E-state index is 5.25. The minimum Gasteiger partial charge on any atom is -1.00 e. The van der Waals surface area contributed by atoms with Crippen LogP contribution in [0.5, 0.6) is 0 Å². The van der Waals surface area contributed by atoms with Crippen LogP contribution in [0, 0.1) is 5.92 Å². The zero-order chi connectivity index (χ0) is 9.64. The largest absolute Gasteiger partial charge is 1.00 e. The molecule has 3 nitrogen and oxygen atoms in total. The first-order valence-corrected chi connectivity index (χ1v) is 5.39. The molecule has 2 heterocycles. The summed E-state index contributed by atoms with van der Waals surface area (Å²) < 4.78 is 5.25. The molecular formula is C11H18Cl2N2O-2. The second kappa shape index (κ2) is 8.88. The second-order valence-electron chi connectivity index (χ2n) is 3.90. The molecule has 0 aliphatic carbocycles. The summed E-state index contributed by atoms with van der Waals surface area (Å²) in [5.74, 6) is 1.87. The first-order chi connectivity index (χ1) is 6.95. The van der Waals surface area contributed by atoms with E-state index >= 15 is 0 Å². The van der Waals surface area contributed by atoms with Crippen LogP contribution in [-0.2, 0) is 6.54 Å². The van der Waals surface area contributed by atoms with Crippen molar-refractivity contribution in [2.45, 2.75) is 19.4 Å². The van der Waals surface area contributed by atoms with E-state index in [-0.39, 0.29) is 24.8 Å². The number of halogens is 2. The molecular weight excluding hydrogens is 247 g/mol. The highest BCUT2D eigenvalue weighted by Gasteiger charge is 2.11. The molecule has 2 N–H and O–H groups in total. The normalized spacial score (nSPS) is 16.2. The van der Waals surface area contributed by atoms with Crippen LogP contribution in [0.2, 0.25) is 0 Å². The summed E-state index contributed by atoms with van der Waals surface area (Å²) in [6.45, 7) is 4.32. The van der Waals surface area contributed by atoms with Gasteiger partial charge < -0.3 is 39.9 Å². The Morgan fingerprint density at radius 2 is 2.06 bits per heavy atom. The van der Waals surface area contributed by atoms with Crippen LogP contribution in [0.25, 0.3) is 0 Å². The van der Waals surface area contributed by atoms with Gasteiger partial charge in [-0.2, -0.15) is 0 Å². The van der Waals surface area contributed by atoms with Crippen molar-refractivity contribution >= 4 is 0 Å². The summed E-state index contributed by atoms with van der Waals surface area (Å²) in [6.07, 6.45) is 4.32. The van der Waals surface area contributed by atoms with E-state index in [1.165, 1.54) is 25.9 Å². The Morgan fingerprint density at radius 3 is 2.69 bits per heavy atom. The van der Waals surface area contributed by atoms with E-state index in [0.29, 0.717) is 0 Å². The quantitative estimate of drug-likeness (QED) is 0.575. The smallest absolute Gasteiger partial charge is 0.117 e. The highest BCUT2D eigenvalue weighted by molar-refractivity contribution is 4.97. The Labute approximate surface area is 109 Å². The van der Waals surface area contributed by atoms with Gasteiger partial charge >= 0.3 is 0 Å². The van der Waals surface area contributed by atoms with Crippen molar-refractivity contribution in [2.75, 3.05) is 19.6 Å². The Balaban J connectivity index is 0.00000112. The number of hydrogen-bond acceptors (Lipinski definition) is 3. The van der Waals surface area contributed by atoms with Crippen LogP contribution in [-0.4, -0.2) is 19.6 Å². The fourth-order valence-electron chi connectivity index (χ4n) is 1.90. The lowest BCUT2D eigenvalue weighted by atomic mass is 9.98. The molecule has 0 spiro atoms. The third-order valence-corrected chi connectivity index (χ3v) is 2.77. The molecule has 0 radical (unpaired) electrons. The monoisotopic (exact) mass is 264 g/mol. The number of furan rings is 1. The third-order valence-electron chi connectivity index (χ3n) is 2.77. The zero-order valence-corrected chi connectivity index (χ0v) is 10.7. The molecule has 0 bridgehead atoms. The average Bonchev–Trinajstić information content (AvgIpc) is 2.72. The van der Waals surface area contributed by atoms with E-state index in [1.54, 1.807) is 6.26 Å². The van der Waals surface area contributed by atoms with Crippen LogP contribution in [0.1, 0.15) is 18.6 Å². The van der Waals surface area contributed by atoms with Crippen molar-refractivity contribution < 1.29 is 29.2 Å². The molecule has 0 amide bonds. The van der Waals surface area contributed by atoms with Crippen LogP contribution >= 0.6 is 0 Å². The molecule has 16 heavy (non-hydrogen) atoms. The Hall–Kier alpha value is -0.220. The summed E-state index contributed by atoms with van der Waals surface area (Å²) in [7, 11) is 0. The van der Waals surface area contributed by atoms with Crippen LogP contribution < -0.4 is 35.4 Å². The summed E-state index contributed by atoms with van der Waals surface area (Å²) in [4.78, 5) is 0.